The van der Waals surface area contributed by atoms with Gasteiger partial charge in [-0.2, -0.15) is 0 Å². The van der Waals surface area contributed by atoms with Crippen molar-refractivity contribution >= 4 is 0 Å². The lowest BCUT2D eigenvalue weighted by atomic mass is 9.96. The Kier molecular flexibility index (Phi) is 7.13. The molecular formula is C27H28O7. The lowest BCUT2D eigenvalue weighted by Gasteiger charge is -2.18. The smallest absolute Gasteiger partial charge is 0.170 e. The summed E-state index contributed by atoms with van der Waals surface area (Å²) in [5.74, 6) is 0.965. The third-order valence-electron chi connectivity index (χ3n) is 5.81. The highest BCUT2D eigenvalue weighted by Crippen LogP contribution is 2.50. The van der Waals surface area contributed by atoms with Crippen LogP contribution in [0, 0.1) is 0 Å². The highest BCUT2D eigenvalue weighted by molar-refractivity contribution is 5.88. The number of phenolic OH excluding ortho intramolecular Hbond substituents is 3. The fourth-order valence-corrected chi connectivity index (χ4v) is 4.01. The van der Waals surface area contributed by atoms with E-state index in [-0.39, 0.29) is 23.0 Å². The van der Waals surface area contributed by atoms with Crippen LogP contribution in [0.2, 0.25) is 0 Å². The monoisotopic (exact) mass is 464 g/mol. The Morgan fingerprint density at radius 2 is 1.56 bits per heavy atom. The molecule has 3 aromatic carbocycles. The van der Waals surface area contributed by atoms with E-state index in [2.05, 4.69) is 0 Å². The van der Waals surface area contributed by atoms with Crippen LogP contribution in [0.5, 0.6) is 34.5 Å². The van der Waals surface area contributed by atoms with E-state index in [1.165, 1.54) is 25.9 Å². The zero-order chi connectivity index (χ0) is 24.1. The average molecular weight is 465 g/mol. The first kappa shape index (κ1) is 23.3. The Bertz CT molecular complexity index is 1170. The minimum Gasteiger partial charge on any atom is -0.508 e. The lowest BCUT2D eigenvalue weighted by molar-refractivity contribution is 0.118. The summed E-state index contributed by atoms with van der Waals surface area (Å²) in [5, 5.41) is 31.3. The molecule has 3 N–H and O–H groups in total. The van der Waals surface area contributed by atoms with Gasteiger partial charge in [-0.25, -0.2) is 0 Å². The van der Waals surface area contributed by atoms with Crippen molar-refractivity contribution < 1.29 is 34.3 Å². The third kappa shape index (κ3) is 4.89. The molecular weight excluding hydrogens is 436 g/mol. The van der Waals surface area contributed by atoms with Crippen molar-refractivity contribution in [2.75, 3.05) is 34.0 Å². The van der Waals surface area contributed by atoms with Gasteiger partial charge in [0.25, 0.3) is 0 Å². The van der Waals surface area contributed by atoms with Gasteiger partial charge in [-0.3, -0.25) is 0 Å². The van der Waals surface area contributed by atoms with Crippen LogP contribution in [0.3, 0.4) is 0 Å². The van der Waals surface area contributed by atoms with Crippen molar-refractivity contribution in [3.8, 4) is 56.8 Å². The van der Waals surface area contributed by atoms with Crippen LogP contribution in [0.1, 0.15) is 12.8 Å². The van der Waals surface area contributed by atoms with E-state index in [1.807, 2.05) is 6.08 Å². The van der Waals surface area contributed by atoms with Gasteiger partial charge in [-0.1, -0.05) is 23.8 Å². The first-order valence-corrected chi connectivity index (χ1v) is 11.0. The van der Waals surface area contributed by atoms with Crippen LogP contribution in [-0.4, -0.2) is 49.4 Å². The van der Waals surface area contributed by atoms with Crippen molar-refractivity contribution in [1.29, 1.82) is 0 Å². The number of phenols is 3. The third-order valence-corrected chi connectivity index (χ3v) is 5.81. The largest absolute Gasteiger partial charge is 0.508 e. The minimum absolute atomic E-state index is 0.0501. The predicted octanol–water partition coefficient (Wildman–Crippen LogP) is 5.27. The minimum atomic E-state index is -0.123. The van der Waals surface area contributed by atoms with Crippen LogP contribution < -0.4 is 14.2 Å². The topological polar surface area (TPSA) is 97.6 Å². The second kappa shape index (κ2) is 10.4. The Morgan fingerprint density at radius 1 is 0.853 bits per heavy atom. The molecule has 1 aliphatic heterocycles. The van der Waals surface area contributed by atoms with E-state index in [0.717, 1.165) is 31.6 Å². The van der Waals surface area contributed by atoms with E-state index in [0.29, 0.717) is 34.8 Å². The van der Waals surface area contributed by atoms with Crippen LogP contribution in [0.25, 0.3) is 22.3 Å². The van der Waals surface area contributed by atoms with Gasteiger partial charge >= 0.3 is 0 Å². The molecule has 1 aliphatic rings. The molecule has 7 nitrogen and oxygen atoms in total. The Labute approximate surface area is 198 Å². The number of hydrogen-bond acceptors (Lipinski definition) is 7. The highest BCUT2D eigenvalue weighted by atomic mass is 16.5. The van der Waals surface area contributed by atoms with Crippen molar-refractivity contribution in [1.82, 2.24) is 0 Å². The van der Waals surface area contributed by atoms with Crippen LogP contribution >= 0.6 is 0 Å². The van der Waals surface area contributed by atoms with E-state index in [4.69, 9.17) is 18.9 Å². The van der Waals surface area contributed by atoms with Gasteiger partial charge in [0, 0.05) is 5.56 Å². The Balaban J connectivity index is 1.65. The molecule has 0 spiro atoms. The van der Waals surface area contributed by atoms with Crippen LogP contribution in [-0.2, 0) is 4.74 Å². The van der Waals surface area contributed by atoms with Gasteiger partial charge in [0.1, 0.15) is 18.1 Å². The van der Waals surface area contributed by atoms with Gasteiger partial charge in [0.05, 0.1) is 33.0 Å². The van der Waals surface area contributed by atoms with Crippen LogP contribution in [0.15, 0.2) is 60.2 Å². The van der Waals surface area contributed by atoms with E-state index >= 15 is 0 Å². The maximum Gasteiger partial charge on any atom is 0.170 e. The maximum absolute atomic E-state index is 11.1. The summed E-state index contributed by atoms with van der Waals surface area (Å²) in [4.78, 5) is 0. The Morgan fingerprint density at radius 3 is 2.21 bits per heavy atom. The molecule has 0 saturated carbocycles. The van der Waals surface area contributed by atoms with Crippen molar-refractivity contribution in [2.45, 2.75) is 12.8 Å². The first-order valence-electron chi connectivity index (χ1n) is 11.0. The number of aromatic hydroxyl groups is 3. The zero-order valence-electron chi connectivity index (χ0n) is 19.2. The molecule has 0 bridgehead atoms. The standard InChI is InChI=1S/C27H28O7/c1-31-24-16-21(18-3-6-20(28)7-4-18)27(32-2)26(30)25(24)19-5-8-23(22(29)15-19)34-14-11-17-9-12-33-13-10-17/h3-8,11,15-16,28-30H,9-10,12-14H2,1-2H3. The van der Waals surface area contributed by atoms with Gasteiger partial charge < -0.3 is 34.3 Å². The fraction of sp³-hybridized carbons (Fsp3) is 0.259. The number of rotatable bonds is 7. The molecule has 0 radical (unpaired) electrons. The summed E-state index contributed by atoms with van der Waals surface area (Å²) in [7, 11) is 2.98. The SMILES string of the molecule is COc1cc(-c2ccc(O)cc2)c(OC)c(O)c1-c1ccc(OCC=C2CCOCC2)c(O)c1. The first-order chi connectivity index (χ1) is 16.5. The summed E-state index contributed by atoms with van der Waals surface area (Å²) >= 11 is 0. The van der Waals surface area contributed by atoms with E-state index in [1.54, 1.807) is 42.5 Å². The molecule has 0 aromatic heterocycles. The summed E-state index contributed by atoms with van der Waals surface area (Å²) in [6.07, 6.45) is 3.82. The molecule has 1 heterocycles. The second-order valence-electron chi connectivity index (χ2n) is 7.90. The molecule has 34 heavy (non-hydrogen) atoms. The fourth-order valence-electron chi connectivity index (χ4n) is 4.01. The predicted molar refractivity (Wildman–Crippen MR) is 129 cm³/mol. The summed E-state index contributed by atoms with van der Waals surface area (Å²) < 4.78 is 22.2. The summed E-state index contributed by atoms with van der Waals surface area (Å²) in [5.41, 5.74) is 3.55. The molecule has 1 fully saturated rings. The van der Waals surface area contributed by atoms with Crippen molar-refractivity contribution in [3.63, 3.8) is 0 Å². The second-order valence-corrected chi connectivity index (χ2v) is 7.90. The van der Waals surface area contributed by atoms with Gasteiger partial charge in [-0.05, 0) is 60.4 Å². The van der Waals surface area contributed by atoms with Gasteiger partial charge in [-0.15, -0.1) is 0 Å². The molecule has 3 aromatic rings. The molecule has 0 unspecified atom stereocenters. The van der Waals surface area contributed by atoms with Crippen molar-refractivity contribution in [3.05, 3.63) is 60.2 Å². The quantitative estimate of drug-likeness (QED) is 0.410. The normalized spacial score (nSPS) is 13.4. The van der Waals surface area contributed by atoms with Crippen LogP contribution in [0.4, 0.5) is 0 Å². The molecule has 7 heteroatoms. The molecule has 0 aliphatic carbocycles. The van der Waals surface area contributed by atoms with E-state index < -0.39 is 0 Å². The molecule has 0 atom stereocenters. The van der Waals surface area contributed by atoms with Gasteiger partial charge in [0.2, 0.25) is 0 Å². The number of methoxy groups -OCH3 is 2. The number of benzene rings is 3. The molecule has 1 saturated heterocycles. The van der Waals surface area contributed by atoms with Crippen molar-refractivity contribution in [2.24, 2.45) is 0 Å². The molecule has 4 rings (SSSR count). The zero-order valence-corrected chi connectivity index (χ0v) is 19.2. The Hall–Kier alpha value is -3.84. The maximum atomic E-state index is 11.1. The summed E-state index contributed by atoms with van der Waals surface area (Å²) in [6.45, 7) is 1.81. The average Bonchev–Trinajstić information content (AvgIpc) is 2.85. The number of hydrogen-bond donors (Lipinski definition) is 3. The highest BCUT2D eigenvalue weighted by Gasteiger charge is 2.22. The molecule has 178 valence electrons. The number of ether oxygens (including phenoxy) is 4. The van der Waals surface area contributed by atoms with E-state index in [9.17, 15) is 15.3 Å². The van der Waals surface area contributed by atoms with Gasteiger partial charge in [0.15, 0.2) is 23.0 Å². The molecule has 0 amide bonds. The lowest BCUT2D eigenvalue weighted by Crippen LogP contribution is -2.08. The summed E-state index contributed by atoms with van der Waals surface area (Å²) in [6, 6.07) is 13.2.